The summed E-state index contributed by atoms with van der Waals surface area (Å²) in [6.07, 6.45) is 0.112. The van der Waals surface area contributed by atoms with Crippen LogP contribution in [0.2, 0.25) is 0 Å². The van der Waals surface area contributed by atoms with Crippen LogP contribution in [-0.4, -0.2) is 23.5 Å². The summed E-state index contributed by atoms with van der Waals surface area (Å²) in [5, 5.41) is 8.37. The van der Waals surface area contributed by atoms with E-state index in [-0.39, 0.29) is 6.42 Å². The number of rotatable bonds is 3. The van der Waals surface area contributed by atoms with E-state index in [2.05, 4.69) is 0 Å². The summed E-state index contributed by atoms with van der Waals surface area (Å²) in [5.41, 5.74) is 5.74. The van der Waals surface area contributed by atoms with E-state index < -0.39 is 5.97 Å². The van der Waals surface area contributed by atoms with E-state index in [0.717, 1.165) is 5.56 Å². The molecule has 0 saturated carbocycles. The maximum atomic E-state index is 10.2. The van der Waals surface area contributed by atoms with Gasteiger partial charge in [0, 0.05) is 12.4 Å². The van der Waals surface area contributed by atoms with Crippen LogP contribution < -0.4 is 5.73 Å². The van der Waals surface area contributed by atoms with E-state index in [1.807, 2.05) is 18.2 Å². The van der Waals surface area contributed by atoms with Crippen molar-refractivity contribution in [2.45, 2.75) is 6.42 Å². The van der Waals surface area contributed by atoms with Crippen LogP contribution in [-0.2, 0) is 11.2 Å². The van der Waals surface area contributed by atoms with Crippen molar-refractivity contribution in [2.24, 2.45) is 5.73 Å². The molecule has 0 atom stereocenters. The summed E-state index contributed by atoms with van der Waals surface area (Å²) >= 11 is 5.06. The molecular weight excluding hydrogens is 202 g/mol. The maximum absolute atomic E-state index is 10.2. The fraction of sp³-hybridized carbons (Fsp3) is 0.300. The lowest BCUT2D eigenvalue weighted by atomic mass is 10.2. The molecule has 4 heteroatoms. The summed E-state index contributed by atoms with van der Waals surface area (Å²) in [5.74, 6) is -0.216. The van der Waals surface area contributed by atoms with Gasteiger partial charge in [-0.3, -0.25) is 4.79 Å². The van der Waals surface area contributed by atoms with Crippen molar-refractivity contribution in [1.82, 2.24) is 0 Å². The first kappa shape index (κ1) is 12.9. The number of alkyl halides is 1. The Labute approximate surface area is 88.5 Å². The number of aliphatic carboxylic acids is 1. The third kappa shape index (κ3) is 7.58. The average Bonchev–Trinajstić information content (AvgIpc) is 2.19. The van der Waals surface area contributed by atoms with Crippen LogP contribution >= 0.6 is 11.6 Å². The largest absolute Gasteiger partial charge is 0.481 e. The van der Waals surface area contributed by atoms with Crippen LogP contribution in [0.4, 0.5) is 0 Å². The van der Waals surface area contributed by atoms with E-state index in [9.17, 15) is 4.79 Å². The smallest absolute Gasteiger partial charge is 0.307 e. The van der Waals surface area contributed by atoms with Crippen LogP contribution in [0.1, 0.15) is 5.56 Å². The van der Waals surface area contributed by atoms with Crippen LogP contribution in [0.25, 0.3) is 0 Å². The molecule has 1 rings (SSSR count). The summed E-state index contributed by atoms with van der Waals surface area (Å²) < 4.78 is 0. The molecule has 1 aromatic rings. The van der Waals surface area contributed by atoms with Gasteiger partial charge in [0.2, 0.25) is 0 Å². The highest BCUT2D eigenvalue weighted by molar-refractivity contribution is 6.18. The van der Waals surface area contributed by atoms with Crippen LogP contribution in [0.3, 0.4) is 0 Å². The third-order valence-corrected chi connectivity index (χ3v) is 1.53. The Morgan fingerprint density at radius 3 is 2.21 bits per heavy atom. The molecule has 14 heavy (non-hydrogen) atoms. The fourth-order valence-electron chi connectivity index (χ4n) is 0.770. The van der Waals surface area contributed by atoms with Gasteiger partial charge >= 0.3 is 5.97 Å². The molecular formula is C10H14ClNO2. The number of nitrogens with two attached hydrogens (primary N) is 1. The van der Waals surface area contributed by atoms with Gasteiger partial charge in [0.1, 0.15) is 0 Å². The quantitative estimate of drug-likeness (QED) is 0.752. The minimum absolute atomic E-state index is 0.112. The average molecular weight is 216 g/mol. The van der Waals surface area contributed by atoms with Gasteiger partial charge in [-0.05, 0) is 5.56 Å². The number of carbonyl (C=O) groups is 1. The molecule has 0 aromatic heterocycles. The summed E-state index contributed by atoms with van der Waals surface area (Å²) in [6.45, 7) is 0.585. The standard InChI is InChI=1S/C8H8O2.C2H6ClN/c9-8(10)6-7-4-2-1-3-5-7;3-1-2-4/h1-5H,6H2,(H,9,10);1-2,4H2. The summed E-state index contributed by atoms with van der Waals surface area (Å²) in [7, 11) is 0. The van der Waals surface area contributed by atoms with Crippen molar-refractivity contribution in [1.29, 1.82) is 0 Å². The SMILES string of the molecule is NCCCl.O=C(O)Cc1ccccc1. The van der Waals surface area contributed by atoms with E-state index >= 15 is 0 Å². The Bertz CT molecular complexity index is 250. The van der Waals surface area contributed by atoms with Gasteiger partial charge in [-0.1, -0.05) is 30.3 Å². The molecule has 0 saturated heterocycles. The molecule has 0 spiro atoms. The fourth-order valence-corrected chi connectivity index (χ4v) is 0.770. The zero-order valence-corrected chi connectivity index (χ0v) is 8.57. The molecule has 0 aliphatic heterocycles. The minimum Gasteiger partial charge on any atom is -0.481 e. The number of carboxylic acid groups (broad SMARTS) is 1. The first-order valence-corrected chi connectivity index (χ1v) is 4.76. The highest BCUT2D eigenvalue weighted by Crippen LogP contribution is 1.98. The number of hydrogen-bond donors (Lipinski definition) is 2. The molecule has 0 heterocycles. The van der Waals surface area contributed by atoms with Crippen molar-refractivity contribution in [3.63, 3.8) is 0 Å². The number of halogens is 1. The van der Waals surface area contributed by atoms with Gasteiger partial charge in [-0.25, -0.2) is 0 Å². The van der Waals surface area contributed by atoms with Gasteiger partial charge < -0.3 is 10.8 Å². The van der Waals surface area contributed by atoms with Gasteiger partial charge in [0.05, 0.1) is 6.42 Å². The highest BCUT2D eigenvalue weighted by atomic mass is 35.5. The van der Waals surface area contributed by atoms with Crippen LogP contribution in [0, 0.1) is 0 Å². The molecule has 0 radical (unpaired) electrons. The Kier molecular flexibility index (Phi) is 7.89. The predicted molar refractivity (Wildman–Crippen MR) is 57.6 cm³/mol. The lowest BCUT2D eigenvalue weighted by Gasteiger charge is -1.92. The molecule has 0 unspecified atom stereocenters. The number of benzene rings is 1. The first-order valence-electron chi connectivity index (χ1n) is 4.22. The highest BCUT2D eigenvalue weighted by Gasteiger charge is 1.96. The Hall–Kier alpha value is -1.06. The lowest BCUT2D eigenvalue weighted by Crippen LogP contribution is -1.98. The second-order valence-electron chi connectivity index (χ2n) is 2.53. The summed E-state index contributed by atoms with van der Waals surface area (Å²) in [6, 6.07) is 9.13. The molecule has 0 aliphatic rings. The Balaban J connectivity index is 0.000000364. The second-order valence-corrected chi connectivity index (χ2v) is 2.91. The molecule has 0 fully saturated rings. The monoisotopic (exact) mass is 215 g/mol. The van der Waals surface area contributed by atoms with Crippen molar-refractivity contribution in [3.05, 3.63) is 35.9 Å². The Morgan fingerprint density at radius 2 is 1.86 bits per heavy atom. The lowest BCUT2D eigenvalue weighted by molar-refractivity contribution is -0.136. The first-order chi connectivity index (χ1) is 6.70. The van der Waals surface area contributed by atoms with Gasteiger partial charge in [0.25, 0.3) is 0 Å². The topological polar surface area (TPSA) is 63.3 Å². The van der Waals surface area contributed by atoms with E-state index in [0.29, 0.717) is 12.4 Å². The van der Waals surface area contributed by atoms with Crippen molar-refractivity contribution in [3.8, 4) is 0 Å². The molecule has 0 aliphatic carbocycles. The number of carboxylic acids is 1. The van der Waals surface area contributed by atoms with Gasteiger partial charge in [-0.15, -0.1) is 11.6 Å². The van der Waals surface area contributed by atoms with Crippen LogP contribution in [0.5, 0.6) is 0 Å². The van der Waals surface area contributed by atoms with Gasteiger partial charge in [0.15, 0.2) is 0 Å². The molecule has 78 valence electrons. The third-order valence-electron chi connectivity index (χ3n) is 1.31. The normalized spacial score (nSPS) is 8.71. The minimum atomic E-state index is -0.786. The molecule has 0 amide bonds. The second kappa shape index (κ2) is 8.53. The predicted octanol–water partition coefficient (Wildman–Crippen LogP) is 1.50. The molecule has 3 nitrogen and oxygen atoms in total. The molecule has 3 N–H and O–H groups in total. The zero-order valence-electron chi connectivity index (χ0n) is 7.82. The molecule has 0 bridgehead atoms. The van der Waals surface area contributed by atoms with Crippen molar-refractivity contribution in [2.75, 3.05) is 12.4 Å². The molecule has 1 aromatic carbocycles. The van der Waals surface area contributed by atoms with Gasteiger partial charge in [-0.2, -0.15) is 0 Å². The van der Waals surface area contributed by atoms with E-state index in [1.54, 1.807) is 12.1 Å². The van der Waals surface area contributed by atoms with E-state index in [4.69, 9.17) is 22.4 Å². The Morgan fingerprint density at radius 1 is 1.36 bits per heavy atom. The van der Waals surface area contributed by atoms with Crippen molar-refractivity contribution >= 4 is 17.6 Å². The zero-order chi connectivity index (χ0) is 10.8. The van der Waals surface area contributed by atoms with Crippen LogP contribution in [0.15, 0.2) is 30.3 Å². The summed E-state index contributed by atoms with van der Waals surface area (Å²) in [4.78, 5) is 10.2. The van der Waals surface area contributed by atoms with Crippen molar-refractivity contribution < 1.29 is 9.90 Å². The number of hydrogen-bond acceptors (Lipinski definition) is 2. The van der Waals surface area contributed by atoms with E-state index in [1.165, 1.54) is 0 Å². The maximum Gasteiger partial charge on any atom is 0.307 e.